The number of hydrogen-bond acceptors (Lipinski definition) is 3. The summed E-state index contributed by atoms with van der Waals surface area (Å²) in [6.07, 6.45) is 1.78. The van der Waals surface area contributed by atoms with Crippen molar-refractivity contribution in [3.63, 3.8) is 0 Å². The lowest BCUT2D eigenvalue weighted by Gasteiger charge is -2.17. The van der Waals surface area contributed by atoms with Crippen LogP contribution >= 0.6 is 0 Å². The fourth-order valence-corrected chi connectivity index (χ4v) is 1.90. The molecule has 0 unspecified atom stereocenters. The Bertz CT molecular complexity index is 505. The summed E-state index contributed by atoms with van der Waals surface area (Å²) in [5.41, 5.74) is 10.2. The van der Waals surface area contributed by atoms with E-state index in [0.717, 1.165) is 24.5 Å². The maximum atomic E-state index is 5.89. The van der Waals surface area contributed by atoms with E-state index in [-0.39, 0.29) is 0 Å². The summed E-state index contributed by atoms with van der Waals surface area (Å²) >= 11 is 0. The van der Waals surface area contributed by atoms with E-state index in [4.69, 9.17) is 5.73 Å². The largest absolute Gasteiger partial charge is 0.397 e. The Balaban J connectivity index is 1.99. The van der Waals surface area contributed by atoms with E-state index in [1.165, 1.54) is 11.1 Å². The summed E-state index contributed by atoms with van der Waals surface area (Å²) in [6, 6.07) is 12.3. The summed E-state index contributed by atoms with van der Waals surface area (Å²) in [5, 5.41) is 0. The zero-order chi connectivity index (χ0) is 13.0. The van der Waals surface area contributed by atoms with Gasteiger partial charge >= 0.3 is 0 Å². The van der Waals surface area contributed by atoms with Crippen LogP contribution < -0.4 is 5.73 Å². The van der Waals surface area contributed by atoms with Crippen molar-refractivity contribution in [2.75, 3.05) is 12.8 Å². The van der Waals surface area contributed by atoms with Crippen molar-refractivity contribution in [1.82, 2.24) is 9.88 Å². The zero-order valence-electron chi connectivity index (χ0n) is 10.9. The van der Waals surface area contributed by atoms with Crippen LogP contribution in [0.1, 0.15) is 16.8 Å². The maximum Gasteiger partial charge on any atom is 0.0772 e. The Morgan fingerprint density at radius 2 is 1.83 bits per heavy atom. The lowest BCUT2D eigenvalue weighted by molar-refractivity contribution is 0.315. The molecule has 0 saturated carbocycles. The molecule has 94 valence electrons. The minimum absolute atomic E-state index is 0.758. The van der Waals surface area contributed by atoms with Gasteiger partial charge in [0, 0.05) is 19.3 Å². The molecule has 1 heterocycles. The second-order valence-electron chi connectivity index (χ2n) is 4.70. The van der Waals surface area contributed by atoms with E-state index < -0.39 is 0 Å². The van der Waals surface area contributed by atoms with Gasteiger partial charge < -0.3 is 5.73 Å². The Morgan fingerprint density at radius 1 is 1.11 bits per heavy atom. The van der Waals surface area contributed by atoms with Crippen LogP contribution in [0, 0.1) is 6.92 Å². The molecule has 0 aliphatic heterocycles. The molecule has 0 aliphatic carbocycles. The van der Waals surface area contributed by atoms with Gasteiger partial charge in [-0.25, -0.2) is 0 Å². The highest BCUT2D eigenvalue weighted by Crippen LogP contribution is 2.12. The van der Waals surface area contributed by atoms with Crippen molar-refractivity contribution in [3.8, 4) is 0 Å². The average molecular weight is 241 g/mol. The number of hydrogen-bond donors (Lipinski definition) is 1. The molecule has 0 bridgehead atoms. The number of nitrogens with two attached hydrogens (primary N) is 1. The van der Waals surface area contributed by atoms with E-state index in [9.17, 15) is 0 Å². The van der Waals surface area contributed by atoms with Crippen LogP contribution in [0.4, 0.5) is 5.69 Å². The van der Waals surface area contributed by atoms with Crippen LogP contribution in [-0.2, 0) is 13.1 Å². The fourth-order valence-electron chi connectivity index (χ4n) is 1.90. The topological polar surface area (TPSA) is 42.2 Å². The molecule has 0 saturated heterocycles. The lowest BCUT2D eigenvalue weighted by atomic mass is 10.1. The molecule has 2 rings (SSSR count). The number of nitrogens with zero attached hydrogens (tertiary/aromatic N) is 2. The van der Waals surface area contributed by atoms with Crippen LogP contribution in [0.15, 0.2) is 42.6 Å². The van der Waals surface area contributed by atoms with Gasteiger partial charge in [-0.1, -0.05) is 29.8 Å². The van der Waals surface area contributed by atoms with Crippen LogP contribution in [0.25, 0.3) is 0 Å². The van der Waals surface area contributed by atoms with E-state index in [2.05, 4.69) is 48.1 Å². The molecule has 0 amide bonds. The van der Waals surface area contributed by atoms with Gasteiger partial charge in [0.2, 0.25) is 0 Å². The van der Waals surface area contributed by atoms with Gasteiger partial charge in [-0.05, 0) is 31.7 Å². The predicted octanol–water partition coefficient (Wildman–Crippen LogP) is 2.60. The minimum atomic E-state index is 0.758. The van der Waals surface area contributed by atoms with Crippen LogP contribution in [0.5, 0.6) is 0 Å². The third kappa shape index (κ3) is 3.31. The number of anilines is 1. The van der Waals surface area contributed by atoms with Gasteiger partial charge in [0.25, 0.3) is 0 Å². The zero-order valence-corrected chi connectivity index (χ0v) is 10.9. The van der Waals surface area contributed by atoms with E-state index >= 15 is 0 Å². The minimum Gasteiger partial charge on any atom is -0.397 e. The van der Waals surface area contributed by atoms with Gasteiger partial charge in [-0.2, -0.15) is 0 Å². The Kier molecular flexibility index (Phi) is 3.95. The number of aromatic nitrogens is 1. The highest BCUT2D eigenvalue weighted by Gasteiger charge is 2.05. The van der Waals surface area contributed by atoms with Gasteiger partial charge in [-0.3, -0.25) is 9.88 Å². The smallest absolute Gasteiger partial charge is 0.0772 e. The Labute approximate surface area is 108 Å². The third-order valence-corrected chi connectivity index (χ3v) is 2.92. The van der Waals surface area contributed by atoms with Crippen molar-refractivity contribution in [3.05, 3.63) is 59.4 Å². The fraction of sp³-hybridized carbons (Fsp3) is 0.267. The first kappa shape index (κ1) is 12.6. The molecule has 3 heteroatoms. The van der Waals surface area contributed by atoms with E-state index in [1.54, 1.807) is 6.20 Å². The second kappa shape index (κ2) is 5.65. The molecule has 0 radical (unpaired) electrons. The molecule has 0 aliphatic rings. The highest BCUT2D eigenvalue weighted by atomic mass is 15.1. The summed E-state index contributed by atoms with van der Waals surface area (Å²) in [6.45, 7) is 3.76. The second-order valence-corrected chi connectivity index (χ2v) is 4.70. The average Bonchev–Trinajstić information content (AvgIpc) is 2.35. The van der Waals surface area contributed by atoms with E-state index in [0.29, 0.717) is 0 Å². The molecular formula is C15H19N3. The summed E-state index contributed by atoms with van der Waals surface area (Å²) in [5.74, 6) is 0. The Hall–Kier alpha value is -1.87. The van der Waals surface area contributed by atoms with Crippen molar-refractivity contribution in [1.29, 1.82) is 0 Å². The number of benzene rings is 1. The molecule has 1 aromatic carbocycles. The molecule has 0 spiro atoms. The number of aryl methyl sites for hydroxylation is 1. The molecule has 0 atom stereocenters. The normalized spacial score (nSPS) is 10.8. The number of nitrogen functional groups attached to an aromatic ring is 1. The van der Waals surface area contributed by atoms with Gasteiger partial charge in [0.05, 0.1) is 11.4 Å². The molecule has 0 fully saturated rings. The highest BCUT2D eigenvalue weighted by molar-refractivity contribution is 5.41. The molecule has 1 aromatic heterocycles. The van der Waals surface area contributed by atoms with Gasteiger partial charge in [0.1, 0.15) is 0 Å². The first-order valence-electron chi connectivity index (χ1n) is 6.08. The van der Waals surface area contributed by atoms with Crippen LogP contribution in [-0.4, -0.2) is 16.9 Å². The van der Waals surface area contributed by atoms with Crippen LogP contribution in [0.2, 0.25) is 0 Å². The van der Waals surface area contributed by atoms with Gasteiger partial charge in [-0.15, -0.1) is 0 Å². The standard InChI is InChI=1S/C15H19N3/c1-12-5-7-13(8-6-12)10-18(2)11-15-14(16)4-3-9-17-15/h3-9H,10-11,16H2,1-2H3. The molecular weight excluding hydrogens is 222 g/mol. The first-order valence-corrected chi connectivity index (χ1v) is 6.08. The summed E-state index contributed by atoms with van der Waals surface area (Å²) < 4.78 is 0. The number of pyridine rings is 1. The Morgan fingerprint density at radius 3 is 2.50 bits per heavy atom. The predicted molar refractivity (Wildman–Crippen MR) is 75.0 cm³/mol. The van der Waals surface area contributed by atoms with Crippen LogP contribution in [0.3, 0.4) is 0 Å². The molecule has 2 N–H and O–H groups in total. The maximum absolute atomic E-state index is 5.89. The SMILES string of the molecule is Cc1ccc(CN(C)Cc2ncccc2N)cc1. The molecule has 3 nitrogen and oxygen atoms in total. The number of rotatable bonds is 4. The first-order chi connectivity index (χ1) is 8.65. The van der Waals surface area contributed by atoms with Crippen molar-refractivity contribution in [2.45, 2.75) is 20.0 Å². The monoisotopic (exact) mass is 241 g/mol. The quantitative estimate of drug-likeness (QED) is 0.894. The van der Waals surface area contributed by atoms with Crippen molar-refractivity contribution < 1.29 is 0 Å². The summed E-state index contributed by atoms with van der Waals surface area (Å²) in [4.78, 5) is 6.52. The molecule has 2 aromatic rings. The molecule has 18 heavy (non-hydrogen) atoms. The van der Waals surface area contributed by atoms with Gasteiger partial charge in [0.15, 0.2) is 0 Å². The summed E-state index contributed by atoms with van der Waals surface area (Å²) in [7, 11) is 2.08. The third-order valence-electron chi connectivity index (χ3n) is 2.92. The lowest BCUT2D eigenvalue weighted by Crippen LogP contribution is -2.18. The van der Waals surface area contributed by atoms with Crippen molar-refractivity contribution in [2.24, 2.45) is 0 Å². The van der Waals surface area contributed by atoms with Crippen molar-refractivity contribution >= 4 is 5.69 Å². The van der Waals surface area contributed by atoms with E-state index in [1.807, 2.05) is 12.1 Å².